The molecule has 0 bridgehead atoms. The van der Waals surface area contributed by atoms with E-state index in [1.807, 2.05) is 54.3 Å². The van der Waals surface area contributed by atoms with Crippen LogP contribution in [-0.2, 0) is 23.1 Å². The van der Waals surface area contributed by atoms with Crippen molar-refractivity contribution < 1.29 is 13.2 Å². The number of benzene rings is 3. The molecule has 0 atom stereocenters. The molecule has 4 rings (SSSR count). The quantitative estimate of drug-likeness (QED) is 0.518. The zero-order chi connectivity index (χ0) is 24.1. The lowest BCUT2D eigenvalue weighted by molar-refractivity contribution is 0.0628. The summed E-state index contributed by atoms with van der Waals surface area (Å²) in [5, 5.41) is 0. The molecule has 34 heavy (non-hydrogen) atoms. The smallest absolute Gasteiger partial charge is 0.253 e. The molecule has 1 fully saturated rings. The van der Waals surface area contributed by atoms with Crippen molar-refractivity contribution in [2.45, 2.75) is 20.0 Å². The number of anilines is 1. The summed E-state index contributed by atoms with van der Waals surface area (Å²) in [6.45, 7) is 6.15. The van der Waals surface area contributed by atoms with Gasteiger partial charge in [-0.05, 0) is 42.3 Å². The van der Waals surface area contributed by atoms with Crippen molar-refractivity contribution in [2.75, 3.05) is 36.7 Å². The van der Waals surface area contributed by atoms with Crippen LogP contribution in [-0.4, -0.2) is 56.6 Å². The van der Waals surface area contributed by atoms with E-state index in [-0.39, 0.29) is 12.5 Å². The van der Waals surface area contributed by atoms with Crippen LogP contribution in [0.5, 0.6) is 0 Å². The minimum absolute atomic E-state index is 0.0182. The highest BCUT2D eigenvalue weighted by Gasteiger charge is 2.23. The Hall–Kier alpha value is -3.16. The van der Waals surface area contributed by atoms with Gasteiger partial charge in [0.2, 0.25) is 10.0 Å². The first-order valence-electron chi connectivity index (χ1n) is 11.5. The van der Waals surface area contributed by atoms with Gasteiger partial charge in [-0.3, -0.25) is 14.0 Å². The van der Waals surface area contributed by atoms with E-state index in [0.717, 1.165) is 30.8 Å². The summed E-state index contributed by atoms with van der Waals surface area (Å²) in [7, 11) is -3.48. The molecule has 1 heterocycles. The summed E-state index contributed by atoms with van der Waals surface area (Å²) >= 11 is 0. The van der Waals surface area contributed by atoms with Gasteiger partial charge in [-0.25, -0.2) is 8.42 Å². The van der Waals surface area contributed by atoms with Crippen molar-refractivity contribution in [3.8, 4) is 0 Å². The highest BCUT2D eigenvalue weighted by atomic mass is 32.2. The number of carbonyl (C=O) groups excluding carboxylic acids is 1. The Morgan fingerprint density at radius 3 is 2.03 bits per heavy atom. The SMILES string of the molecule is Cc1ccc(CN(c2ccc(C(=O)N3CCN(Cc4ccccc4)CC3)cc2)S(C)(=O)=O)cc1. The highest BCUT2D eigenvalue weighted by Crippen LogP contribution is 2.22. The molecule has 0 N–H and O–H groups in total. The Morgan fingerprint density at radius 1 is 0.824 bits per heavy atom. The van der Waals surface area contributed by atoms with E-state index in [2.05, 4.69) is 17.0 Å². The third kappa shape index (κ3) is 6.04. The average molecular weight is 478 g/mol. The molecular weight excluding hydrogens is 446 g/mol. The minimum Gasteiger partial charge on any atom is -0.336 e. The predicted octanol–water partition coefficient (Wildman–Crippen LogP) is 3.92. The number of piperazine rings is 1. The van der Waals surface area contributed by atoms with Crippen molar-refractivity contribution in [1.82, 2.24) is 9.80 Å². The monoisotopic (exact) mass is 477 g/mol. The molecule has 1 amide bonds. The molecular formula is C27H31N3O3S. The van der Waals surface area contributed by atoms with Gasteiger partial charge in [0.1, 0.15) is 0 Å². The number of hydrogen-bond donors (Lipinski definition) is 0. The predicted molar refractivity (Wildman–Crippen MR) is 136 cm³/mol. The summed E-state index contributed by atoms with van der Waals surface area (Å²) in [6.07, 6.45) is 1.20. The molecule has 3 aromatic rings. The second kappa shape index (κ2) is 10.4. The van der Waals surface area contributed by atoms with E-state index < -0.39 is 10.0 Å². The molecule has 1 saturated heterocycles. The molecule has 0 saturated carbocycles. The molecule has 0 spiro atoms. The largest absolute Gasteiger partial charge is 0.336 e. The average Bonchev–Trinajstić information content (AvgIpc) is 2.84. The van der Waals surface area contributed by atoms with Gasteiger partial charge in [0.05, 0.1) is 18.5 Å². The fraction of sp³-hybridized carbons (Fsp3) is 0.296. The number of rotatable bonds is 7. The maximum absolute atomic E-state index is 13.0. The summed E-state index contributed by atoms with van der Waals surface area (Å²) in [4.78, 5) is 17.3. The van der Waals surface area contributed by atoms with Crippen LogP contribution < -0.4 is 4.31 Å². The zero-order valence-electron chi connectivity index (χ0n) is 19.7. The first-order chi connectivity index (χ1) is 16.3. The maximum Gasteiger partial charge on any atom is 0.253 e. The first-order valence-corrected chi connectivity index (χ1v) is 13.3. The van der Waals surface area contributed by atoms with Crippen LogP contribution >= 0.6 is 0 Å². The van der Waals surface area contributed by atoms with Crippen molar-refractivity contribution in [1.29, 1.82) is 0 Å². The lowest BCUT2D eigenvalue weighted by Gasteiger charge is -2.35. The molecule has 3 aromatic carbocycles. The van der Waals surface area contributed by atoms with Crippen molar-refractivity contribution in [3.63, 3.8) is 0 Å². The molecule has 0 aliphatic carbocycles. The number of hydrogen-bond acceptors (Lipinski definition) is 4. The molecule has 0 radical (unpaired) electrons. The fourth-order valence-electron chi connectivity index (χ4n) is 4.16. The third-order valence-corrected chi connectivity index (χ3v) is 7.30. The molecule has 1 aliphatic heterocycles. The Kier molecular flexibility index (Phi) is 7.34. The van der Waals surface area contributed by atoms with E-state index in [0.29, 0.717) is 24.3 Å². The molecule has 6 nitrogen and oxygen atoms in total. The van der Waals surface area contributed by atoms with Crippen LogP contribution in [0, 0.1) is 6.92 Å². The second-order valence-corrected chi connectivity index (χ2v) is 10.8. The third-order valence-electron chi connectivity index (χ3n) is 6.16. The van der Waals surface area contributed by atoms with Gasteiger partial charge < -0.3 is 4.90 Å². The van der Waals surface area contributed by atoms with Crippen molar-refractivity contribution in [3.05, 3.63) is 101 Å². The van der Waals surface area contributed by atoms with Crippen LogP contribution in [0.25, 0.3) is 0 Å². The summed E-state index contributed by atoms with van der Waals surface area (Å²) < 4.78 is 26.3. The number of sulfonamides is 1. The van der Waals surface area contributed by atoms with E-state index in [9.17, 15) is 13.2 Å². The number of nitrogens with zero attached hydrogens (tertiary/aromatic N) is 3. The zero-order valence-corrected chi connectivity index (χ0v) is 20.5. The van der Waals surface area contributed by atoms with Gasteiger partial charge >= 0.3 is 0 Å². The van der Waals surface area contributed by atoms with E-state index in [1.54, 1.807) is 24.3 Å². The molecule has 7 heteroatoms. The van der Waals surface area contributed by atoms with Gasteiger partial charge in [-0.15, -0.1) is 0 Å². The summed E-state index contributed by atoms with van der Waals surface area (Å²) in [5.74, 6) is -0.0182. The molecule has 0 unspecified atom stereocenters. The lowest BCUT2D eigenvalue weighted by atomic mass is 10.1. The number of amides is 1. The van der Waals surface area contributed by atoms with E-state index in [1.165, 1.54) is 16.1 Å². The topological polar surface area (TPSA) is 60.9 Å². The minimum atomic E-state index is -3.48. The van der Waals surface area contributed by atoms with E-state index >= 15 is 0 Å². The normalized spacial score (nSPS) is 14.7. The van der Waals surface area contributed by atoms with Gasteiger partial charge in [0.15, 0.2) is 0 Å². The van der Waals surface area contributed by atoms with Crippen LogP contribution in [0.1, 0.15) is 27.0 Å². The molecule has 0 aromatic heterocycles. The van der Waals surface area contributed by atoms with Crippen LogP contribution in [0.4, 0.5) is 5.69 Å². The van der Waals surface area contributed by atoms with Crippen molar-refractivity contribution in [2.24, 2.45) is 0 Å². The van der Waals surface area contributed by atoms with Crippen LogP contribution in [0.3, 0.4) is 0 Å². The molecule has 178 valence electrons. The number of aryl methyl sites for hydroxylation is 1. The fourth-order valence-corrected chi connectivity index (χ4v) is 5.05. The second-order valence-electron chi connectivity index (χ2n) is 8.86. The Morgan fingerprint density at radius 2 is 1.44 bits per heavy atom. The van der Waals surface area contributed by atoms with Gasteiger partial charge in [0.25, 0.3) is 5.91 Å². The van der Waals surface area contributed by atoms with Gasteiger partial charge in [-0.2, -0.15) is 0 Å². The van der Waals surface area contributed by atoms with E-state index in [4.69, 9.17) is 0 Å². The van der Waals surface area contributed by atoms with Gasteiger partial charge in [-0.1, -0.05) is 60.2 Å². The summed E-state index contributed by atoms with van der Waals surface area (Å²) in [6, 6.07) is 25.0. The van der Waals surface area contributed by atoms with Crippen LogP contribution in [0.2, 0.25) is 0 Å². The Bertz CT molecular complexity index is 1200. The standard InChI is InChI=1S/C27H31N3O3S/c1-22-8-10-24(11-9-22)21-30(34(2,32)33)26-14-12-25(13-15-26)27(31)29-18-16-28(17-19-29)20-23-6-4-3-5-7-23/h3-15H,16-21H2,1-2H3. The first kappa shape index (κ1) is 24.0. The maximum atomic E-state index is 13.0. The lowest BCUT2D eigenvalue weighted by Crippen LogP contribution is -2.48. The Balaban J connectivity index is 1.40. The van der Waals surface area contributed by atoms with Crippen molar-refractivity contribution >= 4 is 21.6 Å². The highest BCUT2D eigenvalue weighted by molar-refractivity contribution is 7.92. The Labute approximate surface area is 202 Å². The number of carbonyl (C=O) groups is 1. The van der Waals surface area contributed by atoms with Crippen LogP contribution in [0.15, 0.2) is 78.9 Å². The van der Waals surface area contributed by atoms with Gasteiger partial charge in [0, 0.05) is 38.3 Å². The molecule has 1 aliphatic rings. The summed E-state index contributed by atoms with van der Waals surface area (Å²) in [5.41, 5.74) is 4.43.